The van der Waals surface area contributed by atoms with Crippen molar-refractivity contribution in [3.8, 4) is 0 Å². The van der Waals surface area contributed by atoms with Gasteiger partial charge in [-0.15, -0.1) is 0 Å². The van der Waals surface area contributed by atoms with E-state index in [2.05, 4.69) is 111 Å². The van der Waals surface area contributed by atoms with Crippen molar-refractivity contribution in [1.82, 2.24) is 0 Å². The highest BCUT2D eigenvalue weighted by atomic mass is 19.5. The Morgan fingerprint density at radius 2 is 0.214 bits per heavy atom. The van der Waals surface area contributed by atoms with Crippen LogP contribution in [-0.2, 0) is 0 Å². The van der Waals surface area contributed by atoms with E-state index in [4.69, 9.17) is 0 Å². The third kappa shape index (κ3) is 64.9. The molecule has 0 saturated heterocycles. The second-order valence-electron chi connectivity index (χ2n) is 12.4. The molecule has 0 saturated carbocycles. The van der Waals surface area contributed by atoms with Gasteiger partial charge in [0, 0.05) is 0 Å². The predicted molar refractivity (Wildman–Crippen MR) is 210 cm³/mol. The van der Waals surface area contributed by atoms with Crippen molar-refractivity contribution < 1.29 is 87.0 Å². The Morgan fingerprint density at radius 3 is 0.214 bits per heavy atom. The van der Waals surface area contributed by atoms with Gasteiger partial charge < -0.3 is 87.0 Å². The fourth-order valence-corrected chi connectivity index (χ4v) is 5.37. The van der Waals surface area contributed by atoms with Crippen molar-refractivity contribution in [1.29, 1.82) is 0 Å². The largest absolute Gasteiger partial charge is 0.673 e. The zero-order chi connectivity index (χ0) is 47.3. The van der Waals surface area contributed by atoms with Gasteiger partial charge in [0.05, 0.1) is 105 Å². The summed E-state index contributed by atoms with van der Waals surface area (Å²) in [5, 5.41) is 0. The summed E-state index contributed by atoms with van der Waals surface area (Å²) in [7, 11) is -24.0. The third-order valence-electron chi connectivity index (χ3n) is 10.7. The van der Waals surface area contributed by atoms with Crippen LogP contribution in [0.25, 0.3) is 0 Å². The van der Waals surface area contributed by atoms with Crippen LogP contribution in [0.1, 0.15) is 111 Å². The SMILES string of the molecule is CC[N+](CC)(CC)CC.CC[N+](CC)(CC)CC.CC[N+](CC)(CC)CC.CC[N+](CC)(CC)CC.F[B-](F)(F)F.F[B-](F)(F)F.F[B-](F)(F)F.F[B-](F)(F)F. The van der Waals surface area contributed by atoms with E-state index in [0.717, 1.165) is 0 Å². The van der Waals surface area contributed by atoms with E-state index >= 15 is 0 Å². The zero-order valence-electron chi connectivity index (χ0n) is 37.5. The Morgan fingerprint density at radius 1 is 0.179 bits per heavy atom. The Hall–Kier alpha value is -1.02. The third-order valence-corrected chi connectivity index (χ3v) is 10.7. The molecule has 0 aromatic carbocycles. The molecule has 0 heterocycles. The Labute approximate surface area is 331 Å². The molecular weight excluding hydrogens is 788 g/mol. The fraction of sp³-hybridized carbons (Fsp3) is 1.00. The maximum atomic E-state index is 9.75. The van der Waals surface area contributed by atoms with Gasteiger partial charge in [0.25, 0.3) is 0 Å². The van der Waals surface area contributed by atoms with Crippen LogP contribution in [0.3, 0.4) is 0 Å². The second kappa shape index (κ2) is 38.2. The van der Waals surface area contributed by atoms with Gasteiger partial charge in [-0.3, -0.25) is 0 Å². The van der Waals surface area contributed by atoms with Crippen LogP contribution in [0.5, 0.6) is 0 Å². The van der Waals surface area contributed by atoms with Gasteiger partial charge in [-0.1, -0.05) is 0 Å². The van der Waals surface area contributed by atoms with E-state index < -0.39 is 29.0 Å². The van der Waals surface area contributed by atoms with E-state index in [-0.39, 0.29) is 0 Å². The van der Waals surface area contributed by atoms with Gasteiger partial charge >= 0.3 is 29.0 Å². The number of hydrogen-bond acceptors (Lipinski definition) is 0. The molecule has 0 spiro atoms. The molecule has 0 aliphatic heterocycles. The van der Waals surface area contributed by atoms with Gasteiger partial charge in [-0.05, 0) is 111 Å². The molecule has 0 N–H and O–H groups in total. The fourth-order valence-electron chi connectivity index (χ4n) is 5.37. The van der Waals surface area contributed by atoms with Crippen molar-refractivity contribution in [3.63, 3.8) is 0 Å². The van der Waals surface area contributed by atoms with E-state index in [9.17, 15) is 69.1 Å². The summed E-state index contributed by atoms with van der Waals surface area (Å²) < 4.78 is 161. The molecule has 0 rings (SSSR count). The van der Waals surface area contributed by atoms with Crippen LogP contribution in [0, 0.1) is 0 Å². The topological polar surface area (TPSA) is 0 Å². The van der Waals surface area contributed by atoms with Crippen LogP contribution >= 0.6 is 0 Å². The quantitative estimate of drug-likeness (QED) is 0.0824. The minimum atomic E-state index is -6.00. The summed E-state index contributed by atoms with van der Waals surface area (Å²) in [5.74, 6) is 0. The molecule has 0 atom stereocenters. The average molecular weight is 868 g/mol. The van der Waals surface area contributed by atoms with Gasteiger partial charge in [0.15, 0.2) is 0 Å². The Bertz CT molecular complexity index is 569. The van der Waals surface area contributed by atoms with Crippen molar-refractivity contribution in [2.45, 2.75) is 111 Å². The van der Waals surface area contributed by atoms with Crippen molar-refractivity contribution in [2.75, 3.05) is 105 Å². The van der Waals surface area contributed by atoms with Crippen LogP contribution in [0.2, 0.25) is 0 Å². The molecule has 0 radical (unpaired) electrons. The molecule has 352 valence electrons. The predicted octanol–water partition coefficient (Wildman–Crippen LogP) is 12.7. The number of rotatable bonds is 16. The second-order valence-corrected chi connectivity index (χ2v) is 12.4. The first-order chi connectivity index (χ1) is 25.0. The van der Waals surface area contributed by atoms with E-state index in [1.807, 2.05) is 0 Å². The lowest BCUT2D eigenvalue weighted by Gasteiger charge is -2.34. The standard InChI is InChI=1S/4C8H20N.4BF4/c4*1-5-9(6-2,7-3)8-4;4*2-1(3,4)5/h4*5-8H2,1-4H3;;;;/q4*+1;4*-1. The zero-order valence-corrected chi connectivity index (χ0v) is 37.5. The van der Waals surface area contributed by atoms with Crippen LogP contribution in [0.15, 0.2) is 0 Å². The maximum Gasteiger partial charge on any atom is 0.673 e. The van der Waals surface area contributed by atoms with Gasteiger partial charge in [0.1, 0.15) is 0 Å². The summed E-state index contributed by atoms with van der Waals surface area (Å²) >= 11 is 0. The monoisotopic (exact) mass is 869 g/mol. The Kier molecular flexibility index (Phi) is 49.5. The molecular formula is C32H80B4F16N4. The summed E-state index contributed by atoms with van der Waals surface area (Å²) in [6.07, 6.45) is 0. The highest BCUT2D eigenvalue weighted by molar-refractivity contribution is 6.50. The molecule has 56 heavy (non-hydrogen) atoms. The molecule has 4 nitrogen and oxygen atoms in total. The number of quaternary nitrogens is 4. The van der Waals surface area contributed by atoms with Crippen molar-refractivity contribution in [3.05, 3.63) is 0 Å². The Balaban J connectivity index is -0.0000000796. The minimum absolute atomic E-state index is 1.28. The number of nitrogens with zero attached hydrogens (tertiary/aromatic N) is 4. The first-order valence-electron chi connectivity index (χ1n) is 19.9. The molecule has 0 aromatic heterocycles. The lowest BCUT2D eigenvalue weighted by molar-refractivity contribution is -0.921. The molecule has 0 bridgehead atoms. The first-order valence-corrected chi connectivity index (χ1v) is 19.9. The van der Waals surface area contributed by atoms with Crippen LogP contribution < -0.4 is 0 Å². The molecule has 0 aliphatic rings. The van der Waals surface area contributed by atoms with E-state index in [1.165, 1.54) is 123 Å². The molecule has 0 aliphatic carbocycles. The molecule has 0 aromatic rings. The van der Waals surface area contributed by atoms with Crippen LogP contribution in [-0.4, -0.2) is 152 Å². The lowest BCUT2D eigenvalue weighted by atomic mass is 10.3. The molecule has 0 unspecified atom stereocenters. The van der Waals surface area contributed by atoms with E-state index in [1.54, 1.807) is 0 Å². The average Bonchev–Trinajstić information content (AvgIpc) is 3.08. The normalized spacial score (nSPS) is 12.0. The van der Waals surface area contributed by atoms with Gasteiger partial charge in [-0.2, -0.15) is 0 Å². The van der Waals surface area contributed by atoms with Gasteiger partial charge in [-0.25, -0.2) is 0 Å². The van der Waals surface area contributed by atoms with E-state index in [0.29, 0.717) is 0 Å². The first kappa shape index (κ1) is 72.6. The summed E-state index contributed by atoms with van der Waals surface area (Å²) in [6, 6.07) is 0. The number of halogens is 16. The summed E-state index contributed by atoms with van der Waals surface area (Å²) in [4.78, 5) is 0. The number of hydrogen-bond donors (Lipinski definition) is 0. The molecule has 0 fully saturated rings. The molecule has 0 amide bonds. The molecule has 24 heteroatoms. The summed E-state index contributed by atoms with van der Waals surface area (Å²) in [5.41, 5.74) is 0. The van der Waals surface area contributed by atoms with Crippen molar-refractivity contribution in [2.24, 2.45) is 0 Å². The van der Waals surface area contributed by atoms with Crippen LogP contribution in [0.4, 0.5) is 69.1 Å². The minimum Gasteiger partial charge on any atom is -0.418 e. The maximum absolute atomic E-state index is 9.75. The van der Waals surface area contributed by atoms with Gasteiger partial charge in [0.2, 0.25) is 0 Å². The lowest BCUT2D eigenvalue weighted by Crippen LogP contribution is -2.47. The summed E-state index contributed by atoms with van der Waals surface area (Å²) in [6.45, 7) is 56.9. The highest BCUT2D eigenvalue weighted by Gasteiger charge is 2.22. The highest BCUT2D eigenvalue weighted by Crippen LogP contribution is 2.09. The van der Waals surface area contributed by atoms with Crippen molar-refractivity contribution >= 4 is 29.0 Å². The smallest absolute Gasteiger partial charge is 0.418 e.